The number of ether oxygens (including phenoxy) is 1. The van der Waals surface area contributed by atoms with E-state index in [2.05, 4.69) is 76.1 Å². The van der Waals surface area contributed by atoms with Crippen LogP contribution in [0.5, 0.6) is 5.75 Å². The maximum absolute atomic E-state index is 12.3. The Hall–Kier alpha value is -2.58. The molecular weight excluding hydrogens is 537 g/mol. The minimum absolute atomic E-state index is 0.306. The molecule has 0 fully saturated rings. The molecule has 3 aromatic rings. The van der Waals surface area contributed by atoms with Gasteiger partial charge in [-0.3, -0.25) is 4.79 Å². The first-order valence-electron chi connectivity index (χ1n) is 10.3. The normalized spacial score (nSPS) is 10.9. The van der Waals surface area contributed by atoms with Crippen LogP contribution in [-0.4, -0.2) is 25.2 Å². The van der Waals surface area contributed by atoms with Gasteiger partial charge in [0.25, 0.3) is 5.91 Å². The van der Waals surface area contributed by atoms with Crippen LogP contribution in [0, 0.1) is 3.57 Å². The van der Waals surface area contributed by atoms with E-state index in [4.69, 9.17) is 16.3 Å². The molecule has 7 heteroatoms. The summed E-state index contributed by atoms with van der Waals surface area (Å²) in [6, 6.07) is 20.9. The van der Waals surface area contributed by atoms with Crippen molar-refractivity contribution in [2.24, 2.45) is 5.10 Å². The van der Waals surface area contributed by atoms with Gasteiger partial charge in [-0.2, -0.15) is 5.10 Å². The molecule has 0 unspecified atom stereocenters. The number of rotatable bonds is 9. The molecule has 5 nitrogen and oxygen atoms in total. The Balaban J connectivity index is 1.77. The lowest BCUT2D eigenvalue weighted by Gasteiger charge is -2.22. The minimum Gasteiger partial charge on any atom is -0.488 e. The summed E-state index contributed by atoms with van der Waals surface area (Å²) in [5.41, 5.74) is 5.98. The molecule has 0 aliphatic heterocycles. The van der Waals surface area contributed by atoms with E-state index in [1.807, 2.05) is 18.2 Å². The Morgan fingerprint density at radius 2 is 1.75 bits per heavy atom. The Labute approximate surface area is 207 Å². The average Bonchev–Trinajstić information content (AvgIpc) is 2.81. The number of hydrogen-bond acceptors (Lipinski definition) is 4. The quantitative estimate of drug-likeness (QED) is 0.194. The Morgan fingerprint density at radius 1 is 1.06 bits per heavy atom. The van der Waals surface area contributed by atoms with E-state index in [1.165, 1.54) is 3.57 Å². The first-order valence-corrected chi connectivity index (χ1v) is 11.8. The fourth-order valence-corrected chi connectivity index (χ4v) is 3.59. The number of amides is 1. The van der Waals surface area contributed by atoms with Crippen LogP contribution >= 0.6 is 34.2 Å². The summed E-state index contributed by atoms with van der Waals surface area (Å²) in [6.45, 7) is 6.49. The second-order valence-electron chi connectivity index (χ2n) is 7.02. The van der Waals surface area contributed by atoms with Crippen molar-refractivity contribution in [3.05, 3.63) is 92.0 Å². The van der Waals surface area contributed by atoms with Crippen LogP contribution in [0.1, 0.15) is 35.3 Å². The van der Waals surface area contributed by atoms with Crippen LogP contribution in [0.2, 0.25) is 5.02 Å². The van der Waals surface area contributed by atoms with Gasteiger partial charge in [0.1, 0.15) is 12.4 Å². The number of carbonyl (C=O) groups excluding carboxylic acids is 1. The fourth-order valence-electron chi connectivity index (χ4n) is 3.11. The third-order valence-corrected chi connectivity index (χ3v) is 5.88. The van der Waals surface area contributed by atoms with Crippen molar-refractivity contribution in [3.63, 3.8) is 0 Å². The van der Waals surface area contributed by atoms with E-state index >= 15 is 0 Å². The molecule has 0 saturated carbocycles. The first-order chi connectivity index (χ1) is 15.5. The third-order valence-electron chi connectivity index (χ3n) is 4.91. The second-order valence-corrected chi connectivity index (χ2v) is 8.70. The van der Waals surface area contributed by atoms with E-state index in [0.717, 1.165) is 29.9 Å². The maximum atomic E-state index is 12.3. The summed E-state index contributed by atoms with van der Waals surface area (Å²) in [4.78, 5) is 14.5. The van der Waals surface area contributed by atoms with Gasteiger partial charge < -0.3 is 9.64 Å². The van der Waals surface area contributed by atoms with Gasteiger partial charge in [0.15, 0.2) is 0 Å². The number of halogens is 2. The van der Waals surface area contributed by atoms with Gasteiger partial charge in [-0.15, -0.1) is 0 Å². The van der Waals surface area contributed by atoms with Gasteiger partial charge in [0, 0.05) is 44.6 Å². The third kappa shape index (κ3) is 6.71. The summed E-state index contributed by atoms with van der Waals surface area (Å²) in [5.74, 6) is 0.400. The molecule has 3 aromatic carbocycles. The number of hydrazone groups is 1. The van der Waals surface area contributed by atoms with Crippen LogP contribution in [0.3, 0.4) is 0 Å². The lowest BCUT2D eigenvalue weighted by atomic mass is 10.1. The van der Waals surface area contributed by atoms with Gasteiger partial charge in [0.05, 0.1) is 6.21 Å². The number of nitrogens with one attached hydrogen (secondary N) is 1. The number of anilines is 1. The van der Waals surface area contributed by atoms with Crippen molar-refractivity contribution < 1.29 is 9.53 Å². The SMILES string of the molecule is CCN(CC)c1ccc(/C=N\NC(=O)c2ccc(Cl)cc2)c(OCc2ccc(I)cc2)c1. The largest absolute Gasteiger partial charge is 0.488 e. The highest BCUT2D eigenvalue weighted by molar-refractivity contribution is 14.1. The Kier molecular flexibility index (Phi) is 8.93. The van der Waals surface area contributed by atoms with Crippen LogP contribution < -0.4 is 15.1 Å². The van der Waals surface area contributed by atoms with Crippen molar-refractivity contribution in [3.8, 4) is 5.75 Å². The van der Waals surface area contributed by atoms with E-state index < -0.39 is 0 Å². The summed E-state index contributed by atoms with van der Waals surface area (Å²) >= 11 is 8.16. The minimum atomic E-state index is -0.306. The molecule has 3 rings (SSSR count). The monoisotopic (exact) mass is 561 g/mol. The van der Waals surface area contributed by atoms with E-state index in [1.54, 1.807) is 30.5 Å². The highest BCUT2D eigenvalue weighted by Gasteiger charge is 2.09. The molecule has 0 aliphatic rings. The number of nitrogens with zero attached hydrogens (tertiary/aromatic N) is 2. The Morgan fingerprint density at radius 3 is 2.41 bits per heavy atom. The lowest BCUT2D eigenvalue weighted by molar-refractivity contribution is 0.0955. The zero-order chi connectivity index (χ0) is 22.9. The molecule has 0 radical (unpaired) electrons. The van der Waals surface area contributed by atoms with E-state index in [0.29, 0.717) is 22.9 Å². The van der Waals surface area contributed by atoms with Gasteiger partial charge in [0.2, 0.25) is 0 Å². The molecule has 0 aliphatic carbocycles. The van der Waals surface area contributed by atoms with Gasteiger partial charge >= 0.3 is 0 Å². The number of hydrogen-bond donors (Lipinski definition) is 1. The van der Waals surface area contributed by atoms with E-state index in [9.17, 15) is 4.79 Å². The van der Waals surface area contributed by atoms with Crippen LogP contribution in [0.4, 0.5) is 5.69 Å². The molecule has 0 saturated heterocycles. The Bertz CT molecular complexity index is 1070. The summed E-state index contributed by atoms with van der Waals surface area (Å²) in [5, 5.41) is 4.71. The van der Waals surface area contributed by atoms with Gasteiger partial charge in [-0.25, -0.2) is 5.43 Å². The van der Waals surface area contributed by atoms with Crippen molar-refractivity contribution in [1.82, 2.24) is 5.43 Å². The van der Waals surface area contributed by atoms with Crippen LogP contribution in [-0.2, 0) is 6.61 Å². The smallest absolute Gasteiger partial charge is 0.271 e. The molecule has 1 amide bonds. The average molecular weight is 562 g/mol. The van der Waals surface area contributed by atoms with Gasteiger partial charge in [-0.05, 0) is 90.5 Å². The molecule has 0 spiro atoms. The van der Waals surface area contributed by atoms with E-state index in [-0.39, 0.29) is 5.91 Å². The standard InChI is InChI=1S/C25H25ClIN3O2/c1-3-30(4-2)23-14-9-20(16-28-29-25(31)19-7-10-21(26)11-8-19)24(15-23)32-17-18-5-12-22(27)13-6-18/h5-16H,3-4,17H2,1-2H3,(H,29,31)/b28-16-. The fraction of sp³-hybridized carbons (Fsp3) is 0.200. The summed E-state index contributed by atoms with van der Waals surface area (Å²) in [7, 11) is 0. The molecule has 0 atom stereocenters. The zero-order valence-corrected chi connectivity index (χ0v) is 20.9. The number of carbonyl (C=O) groups is 1. The predicted molar refractivity (Wildman–Crippen MR) is 140 cm³/mol. The molecule has 32 heavy (non-hydrogen) atoms. The topological polar surface area (TPSA) is 53.9 Å². The first kappa shape index (κ1) is 24.1. The molecule has 0 bridgehead atoms. The van der Waals surface area contributed by atoms with Crippen molar-refractivity contribution in [2.75, 3.05) is 18.0 Å². The van der Waals surface area contributed by atoms with Crippen molar-refractivity contribution >= 4 is 52.0 Å². The highest BCUT2D eigenvalue weighted by Crippen LogP contribution is 2.26. The van der Waals surface area contributed by atoms with Crippen molar-refractivity contribution in [1.29, 1.82) is 0 Å². The molecule has 166 valence electrons. The van der Waals surface area contributed by atoms with Gasteiger partial charge in [-0.1, -0.05) is 23.7 Å². The predicted octanol–water partition coefficient (Wildman–Crippen LogP) is 6.13. The van der Waals surface area contributed by atoms with Crippen LogP contribution in [0.15, 0.2) is 71.8 Å². The molecular formula is C25H25ClIN3O2. The van der Waals surface area contributed by atoms with Crippen LogP contribution in [0.25, 0.3) is 0 Å². The summed E-state index contributed by atoms with van der Waals surface area (Å²) < 4.78 is 7.33. The molecule has 0 aromatic heterocycles. The highest BCUT2D eigenvalue weighted by atomic mass is 127. The van der Waals surface area contributed by atoms with Crippen molar-refractivity contribution in [2.45, 2.75) is 20.5 Å². The summed E-state index contributed by atoms with van der Waals surface area (Å²) in [6.07, 6.45) is 1.60. The molecule has 0 heterocycles. The number of benzene rings is 3. The maximum Gasteiger partial charge on any atom is 0.271 e. The molecule has 1 N–H and O–H groups in total. The lowest BCUT2D eigenvalue weighted by Crippen LogP contribution is -2.21. The zero-order valence-electron chi connectivity index (χ0n) is 18.0. The second kappa shape index (κ2) is 11.9.